The fraction of sp³-hybridized carbons (Fsp3) is 0.571. The second-order valence-electron chi connectivity index (χ2n) is 14.4. The molecule has 2 saturated heterocycles. The minimum atomic E-state index is -4.41. The molecule has 1 aromatic carbocycles. The van der Waals surface area contributed by atoms with Crippen molar-refractivity contribution in [3.8, 4) is 6.07 Å². The second-order valence-corrected chi connectivity index (χ2v) is 17.0. The van der Waals surface area contributed by atoms with E-state index >= 15 is 0 Å². The molecule has 1 unspecified atom stereocenters. The van der Waals surface area contributed by atoms with Crippen LogP contribution in [0, 0.1) is 24.2 Å². The number of anilines is 2. The largest absolute Gasteiger partial charge is 0.598 e. The van der Waals surface area contributed by atoms with Crippen molar-refractivity contribution in [3.63, 3.8) is 0 Å². The standard InChI is InChI=1S/C35H44F3N9O4S2/c1-22-24(4-5-30-28(22)16-26(19-39)47(30)15-12-44-10-13-46(14-11-44)53(51)21-23-2-3-23)20-45-8-6-25(7-9-45)40-31-29-17-27(18-34(36,37)38)52-32(29)42-33(41-31)43-35(48,49)50/h4-5,16-17,23,25,48-50H,2-3,6-15,18,20-21H2,1H3,(H2,40,41,42,43). The van der Waals surface area contributed by atoms with E-state index in [2.05, 4.69) is 59.1 Å². The number of nitrogens with one attached hydrogen (secondary N) is 2. The van der Waals surface area contributed by atoms with Crippen molar-refractivity contribution in [2.24, 2.45) is 5.92 Å². The Kier molecular flexibility index (Phi) is 11.1. The van der Waals surface area contributed by atoms with Gasteiger partial charge < -0.3 is 29.8 Å². The van der Waals surface area contributed by atoms with Gasteiger partial charge in [-0.1, -0.05) is 6.07 Å². The van der Waals surface area contributed by atoms with E-state index in [-0.39, 0.29) is 27.5 Å². The molecule has 1 aliphatic carbocycles. The van der Waals surface area contributed by atoms with E-state index in [0.29, 0.717) is 23.5 Å². The average Bonchev–Trinajstić information content (AvgIpc) is 3.70. The van der Waals surface area contributed by atoms with Gasteiger partial charge >= 0.3 is 12.3 Å². The lowest BCUT2D eigenvalue weighted by Gasteiger charge is -2.34. The number of nitriles is 1. The Morgan fingerprint density at radius 3 is 2.38 bits per heavy atom. The minimum absolute atomic E-state index is 0.0390. The lowest BCUT2D eigenvalue weighted by atomic mass is 10.0. The van der Waals surface area contributed by atoms with Crippen molar-refractivity contribution in [2.45, 2.75) is 70.4 Å². The van der Waals surface area contributed by atoms with Crippen LogP contribution in [0.2, 0.25) is 0 Å². The van der Waals surface area contributed by atoms with Crippen LogP contribution in [0.25, 0.3) is 21.1 Å². The van der Waals surface area contributed by atoms with Crippen LogP contribution >= 0.6 is 11.3 Å². The monoisotopic (exact) mass is 775 g/mol. The van der Waals surface area contributed by atoms with Gasteiger partial charge in [0.25, 0.3) is 0 Å². The third kappa shape index (κ3) is 9.53. The number of likely N-dealkylation sites (tertiary alicyclic amines) is 1. The number of alkyl halides is 3. The zero-order chi connectivity index (χ0) is 37.5. The highest BCUT2D eigenvalue weighted by Gasteiger charge is 2.33. The molecule has 3 fully saturated rings. The summed E-state index contributed by atoms with van der Waals surface area (Å²) in [6, 6.07) is 9.94. The molecule has 7 rings (SSSR count). The number of hydrogen-bond acceptors (Lipinski definition) is 13. The van der Waals surface area contributed by atoms with Gasteiger partial charge in [-0.05, 0) is 61.9 Å². The summed E-state index contributed by atoms with van der Waals surface area (Å²) >= 11 is -0.0556. The molecular formula is C35H44F3N9O4S2. The molecule has 13 nitrogen and oxygen atoms in total. The number of halogens is 3. The molecule has 0 amide bonds. The van der Waals surface area contributed by atoms with Gasteiger partial charge in [0.2, 0.25) is 5.95 Å². The van der Waals surface area contributed by atoms with Crippen molar-refractivity contribution >= 4 is 55.6 Å². The maximum absolute atomic E-state index is 13.1. The Balaban J connectivity index is 0.969. The molecule has 0 spiro atoms. The zero-order valence-electron chi connectivity index (χ0n) is 29.4. The highest BCUT2D eigenvalue weighted by atomic mass is 32.2. The SMILES string of the molecule is Cc1c(CN2CCC(Nc3nc(NC(O)(O)O)nc4sc(CC(F)(F)F)cc34)CC2)ccc2c1cc(C#N)n2CCN1CCN([S+]([O-])CC2CC2)CC1. The average molecular weight is 776 g/mol. The quantitative estimate of drug-likeness (QED) is 0.0988. The first-order valence-electron chi connectivity index (χ1n) is 17.9. The van der Waals surface area contributed by atoms with E-state index in [1.54, 1.807) is 0 Å². The number of hydrogen-bond donors (Lipinski definition) is 5. The molecule has 2 aliphatic heterocycles. The van der Waals surface area contributed by atoms with Crippen LogP contribution in [-0.4, -0.2) is 118 Å². The third-order valence-electron chi connectivity index (χ3n) is 10.3. The van der Waals surface area contributed by atoms with E-state index < -0.39 is 30.1 Å². The van der Waals surface area contributed by atoms with Crippen molar-refractivity contribution in [1.29, 1.82) is 5.26 Å². The van der Waals surface area contributed by atoms with Crippen LogP contribution in [0.3, 0.4) is 0 Å². The molecule has 5 N–H and O–H groups in total. The number of nitrogens with zero attached hydrogens (tertiary/aromatic N) is 7. The predicted molar refractivity (Wildman–Crippen MR) is 197 cm³/mol. The van der Waals surface area contributed by atoms with Gasteiger partial charge in [-0.3, -0.25) is 15.1 Å². The number of piperidine rings is 1. The molecule has 1 saturated carbocycles. The number of rotatable bonds is 13. The van der Waals surface area contributed by atoms with Gasteiger partial charge in [-0.15, -0.1) is 15.6 Å². The molecule has 1 atom stereocenters. The highest BCUT2D eigenvalue weighted by molar-refractivity contribution is 7.89. The Morgan fingerprint density at radius 2 is 1.72 bits per heavy atom. The second kappa shape index (κ2) is 15.5. The number of thiophene rings is 1. The lowest BCUT2D eigenvalue weighted by molar-refractivity contribution is -0.289. The fourth-order valence-corrected chi connectivity index (χ4v) is 9.83. The van der Waals surface area contributed by atoms with Gasteiger partial charge in [-0.25, -0.2) is 4.98 Å². The van der Waals surface area contributed by atoms with Crippen molar-refractivity contribution in [1.82, 2.24) is 28.6 Å². The molecular weight excluding hydrogens is 732 g/mol. The Hall–Kier alpha value is -3.25. The number of aryl methyl sites for hydroxylation is 1. The topological polar surface area (TPSA) is 172 Å². The maximum atomic E-state index is 13.1. The van der Waals surface area contributed by atoms with Crippen LogP contribution in [0.4, 0.5) is 24.9 Å². The molecule has 4 aromatic rings. The van der Waals surface area contributed by atoms with Gasteiger partial charge in [0, 0.05) is 84.9 Å². The first-order valence-corrected chi connectivity index (χ1v) is 20.0. The van der Waals surface area contributed by atoms with Crippen molar-refractivity contribution < 1.29 is 33.0 Å². The van der Waals surface area contributed by atoms with E-state index in [9.17, 15) is 38.3 Å². The van der Waals surface area contributed by atoms with E-state index in [0.717, 1.165) is 98.8 Å². The van der Waals surface area contributed by atoms with Gasteiger partial charge in [0.15, 0.2) is 0 Å². The molecule has 53 heavy (non-hydrogen) atoms. The number of aliphatic hydroxyl groups is 3. The molecule has 5 heterocycles. The summed E-state index contributed by atoms with van der Waals surface area (Å²) in [4.78, 5) is 13.3. The fourth-order valence-electron chi connectivity index (χ4n) is 7.26. The van der Waals surface area contributed by atoms with Crippen molar-refractivity contribution in [2.75, 3.05) is 62.2 Å². The first-order chi connectivity index (χ1) is 25.2. The smallest absolute Gasteiger partial charge is 0.393 e. The Morgan fingerprint density at radius 1 is 0.981 bits per heavy atom. The summed E-state index contributed by atoms with van der Waals surface area (Å²) in [5.41, 5.74) is 3.97. The van der Waals surface area contributed by atoms with Crippen LogP contribution in [0.15, 0.2) is 24.3 Å². The number of aromatic nitrogens is 3. The van der Waals surface area contributed by atoms with Gasteiger partial charge in [0.1, 0.15) is 28.2 Å². The number of benzene rings is 1. The van der Waals surface area contributed by atoms with E-state index in [1.165, 1.54) is 24.5 Å². The maximum Gasteiger partial charge on any atom is 0.393 e. The van der Waals surface area contributed by atoms with Crippen LogP contribution in [0.5, 0.6) is 0 Å². The van der Waals surface area contributed by atoms with Gasteiger partial charge in [-0.2, -0.15) is 23.4 Å². The van der Waals surface area contributed by atoms with E-state index in [4.69, 9.17) is 0 Å². The summed E-state index contributed by atoms with van der Waals surface area (Å²) in [6.45, 7) is 9.15. The Bertz CT molecular complexity index is 1960. The minimum Gasteiger partial charge on any atom is -0.598 e. The summed E-state index contributed by atoms with van der Waals surface area (Å²) < 4.78 is 56.3. The molecule has 3 aromatic heterocycles. The summed E-state index contributed by atoms with van der Waals surface area (Å²) in [6.07, 6.45) is -4.99. The molecule has 18 heteroatoms. The highest BCUT2D eigenvalue weighted by Crippen LogP contribution is 2.35. The first kappa shape index (κ1) is 38.0. The Labute approximate surface area is 312 Å². The molecule has 3 aliphatic rings. The predicted octanol–water partition coefficient (Wildman–Crippen LogP) is 3.70. The normalized spacial score (nSPS) is 19.2. The van der Waals surface area contributed by atoms with E-state index in [1.807, 2.05) is 11.4 Å². The van der Waals surface area contributed by atoms with Crippen LogP contribution in [0.1, 0.15) is 47.4 Å². The van der Waals surface area contributed by atoms with Crippen molar-refractivity contribution in [3.05, 3.63) is 46.0 Å². The number of fused-ring (bicyclic) bond motifs is 2. The molecule has 0 bridgehead atoms. The number of piperazine rings is 1. The van der Waals surface area contributed by atoms with Crippen LogP contribution < -0.4 is 10.6 Å². The summed E-state index contributed by atoms with van der Waals surface area (Å²) in [7, 11) is 0. The molecule has 0 radical (unpaired) electrons. The molecule has 286 valence electrons. The summed E-state index contributed by atoms with van der Waals surface area (Å²) in [5, 5.41) is 45.0. The summed E-state index contributed by atoms with van der Waals surface area (Å²) in [5.74, 6) is 1.34. The lowest BCUT2D eigenvalue weighted by Crippen LogP contribution is -2.50. The van der Waals surface area contributed by atoms with Crippen LogP contribution in [-0.2, 0) is 30.9 Å². The van der Waals surface area contributed by atoms with Gasteiger partial charge in [0.05, 0.1) is 24.9 Å². The zero-order valence-corrected chi connectivity index (χ0v) is 31.0. The third-order valence-corrected chi connectivity index (χ3v) is 13.1.